The van der Waals surface area contributed by atoms with Gasteiger partial charge in [0.05, 0.1) is 62.9 Å². The molecule has 2 rings (SSSR count). The zero-order valence-corrected chi connectivity index (χ0v) is 31.6. The first-order valence-corrected chi connectivity index (χ1v) is 17.4. The summed E-state index contributed by atoms with van der Waals surface area (Å²) in [5, 5.41) is 5.48. The van der Waals surface area contributed by atoms with Crippen molar-refractivity contribution in [2.24, 2.45) is 17.6 Å². The molecule has 1 saturated heterocycles. The Morgan fingerprint density at radius 2 is 1.64 bits per heavy atom. The van der Waals surface area contributed by atoms with E-state index in [1.54, 1.807) is 48.0 Å². The Kier molecular flexibility index (Phi) is 17.3. The fraction of sp³-hybridized carbons (Fsp3) is 0.694. The summed E-state index contributed by atoms with van der Waals surface area (Å²) >= 11 is 0. The number of carbonyl (C=O) groups excluding carboxylic acids is 5. The molecule has 4 N–H and O–H groups in total. The number of likely N-dealkylation sites (N-methyl/N-ethyl adjacent to an activating group) is 2. The average Bonchev–Trinajstić information content (AvgIpc) is 3.47. The Bertz CT molecular complexity index is 1280. The molecule has 14 heteroatoms. The van der Waals surface area contributed by atoms with Crippen molar-refractivity contribution in [3.05, 3.63) is 29.8 Å². The molecule has 0 spiro atoms. The largest absolute Gasteiger partial charge is 0.497 e. The number of rotatable bonds is 20. The number of amides is 4. The number of ketones is 1. The van der Waals surface area contributed by atoms with Gasteiger partial charge in [0.25, 0.3) is 0 Å². The number of likely N-dealkylation sites (tertiary alicyclic amines) is 1. The lowest BCUT2D eigenvalue weighted by molar-refractivity contribution is -0.144. The molecular weight excluding hydrogens is 644 g/mol. The summed E-state index contributed by atoms with van der Waals surface area (Å²) in [4.78, 5) is 71.1. The molecule has 0 radical (unpaired) electrons. The van der Waals surface area contributed by atoms with E-state index in [0.29, 0.717) is 24.2 Å². The van der Waals surface area contributed by atoms with Gasteiger partial charge in [0.2, 0.25) is 23.6 Å². The molecular formula is C36H60N6O8. The zero-order valence-electron chi connectivity index (χ0n) is 31.6. The summed E-state index contributed by atoms with van der Waals surface area (Å²) in [6, 6.07) is 5.05. The SMILES string of the molecule is CCC[C@@H](C(CC(=O)N1CC(N)CC1C(OC)C(C)C(=O)NCC(=O)c1cccc(OC)c1)OC)N(C)C(=O)CNC(=O)C(C(C)C)N(C)C. The van der Waals surface area contributed by atoms with Gasteiger partial charge in [-0.1, -0.05) is 46.2 Å². The minimum atomic E-state index is -0.712. The van der Waals surface area contributed by atoms with E-state index in [4.69, 9.17) is 19.9 Å². The molecule has 7 atom stereocenters. The van der Waals surface area contributed by atoms with Crippen LogP contribution in [-0.4, -0.2) is 143 Å². The number of carbonyl (C=O) groups is 5. The van der Waals surface area contributed by atoms with Crippen molar-refractivity contribution in [2.45, 2.75) is 89.8 Å². The van der Waals surface area contributed by atoms with Crippen molar-refractivity contribution in [2.75, 3.05) is 62.1 Å². The van der Waals surface area contributed by atoms with E-state index in [1.807, 2.05) is 39.8 Å². The summed E-state index contributed by atoms with van der Waals surface area (Å²) in [6.45, 7) is 7.46. The topological polar surface area (TPSA) is 173 Å². The highest BCUT2D eigenvalue weighted by Crippen LogP contribution is 2.28. The lowest BCUT2D eigenvalue weighted by atomic mass is 9.93. The lowest BCUT2D eigenvalue weighted by Gasteiger charge is -2.37. The normalized spacial score (nSPS) is 19.0. The summed E-state index contributed by atoms with van der Waals surface area (Å²) in [5.74, 6) is -1.54. The number of Topliss-reactive ketones (excluding diaryl/α,β-unsaturated/α-hetero) is 1. The minimum absolute atomic E-state index is 0.0313. The summed E-state index contributed by atoms with van der Waals surface area (Å²) in [7, 11) is 9.81. The third-order valence-electron chi connectivity index (χ3n) is 9.52. The number of ether oxygens (including phenoxy) is 3. The van der Waals surface area contributed by atoms with Crippen LogP contribution in [-0.2, 0) is 28.7 Å². The van der Waals surface area contributed by atoms with E-state index in [9.17, 15) is 24.0 Å². The van der Waals surface area contributed by atoms with Gasteiger partial charge in [-0.3, -0.25) is 28.9 Å². The third kappa shape index (κ3) is 11.5. The first-order valence-electron chi connectivity index (χ1n) is 17.4. The highest BCUT2D eigenvalue weighted by Gasteiger charge is 2.43. The third-order valence-corrected chi connectivity index (χ3v) is 9.52. The smallest absolute Gasteiger partial charge is 0.242 e. The molecule has 0 saturated carbocycles. The van der Waals surface area contributed by atoms with Crippen LogP contribution in [0.2, 0.25) is 0 Å². The molecule has 6 unspecified atom stereocenters. The average molecular weight is 705 g/mol. The molecule has 1 aromatic rings. The highest BCUT2D eigenvalue weighted by molar-refractivity contribution is 5.99. The second kappa shape index (κ2) is 20.3. The van der Waals surface area contributed by atoms with Gasteiger partial charge in [0.1, 0.15) is 5.75 Å². The Morgan fingerprint density at radius 1 is 0.980 bits per heavy atom. The maximum absolute atomic E-state index is 13.9. The summed E-state index contributed by atoms with van der Waals surface area (Å²) in [5.41, 5.74) is 6.77. The molecule has 1 fully saturated rings. The van der Waals surface area contributed by atoms with Crippen LogP contribution in [0.25, 0.3) is 0 Å². The quantitative estimate of drug-likeness (QED) is 0.168. The Balaban J connectivity index is 2.13. The highest BCUT2D eigenvalue weighted by atomic mass is 16.5. The first kappa shape index (κ1) is 42.6. The van der Waals surface area contributed by atoms with Crippen LogP contribution in [0, 0.1) is 11.8 Å². The molecule has 14 nitrogen and oxygen atoms in total. The monoisotopic (exact) mass is 704 g/mol. The van der Waals surface area contributed by atoms with Crippen LogP contribution in [0.5, 0.6) is 5.75 Å². The molecule has 1 aromatic carbocycles. The Morgan fingerprint density at radius 3 is 2.20 bits per heavy atom. The molecule has 4 amide bonds. The minimum Gasteiger partial charge on any atom is -0.497 e. The molecule has 1 aliphatic rings. The zero-order chi connectivity index (χ0) is 37.7. The molecule has 50 heavy (non-hydrogen) atoms. The predicted octanol–water partition coefficient (Wildman–Crippen LogP) is 1.31. The maximum atomic E-state index is 13.9. The van der Waals surface area contributed by atoms with Crippen molar-refractivity contribution in [3.8, 4) is 5.75 Å². The first-order chi connectivity index (χ1) is 23.6. The van der Waals surface area contributed by atoms with Gasteiger partial charge in [-0.2, -0.15) is 0 Å². The number of methoxy groups -OCH3 is 3. The van der Waals surface area contributed by atoms with Crippen LogP contribution < -0.4 is 21.1 Å². The van der Waals surface area contributed by atoms with Gasteiger partial charge in [0, 0.05) is 39.4 Å². The van der Waals surface area contributed by atoms with E-state index in [1.165, 1.54) is 21.3 Å². The standard InChI is InChI=1S/C36H60N6O8/c1-11-13-27(41(7)32(45)20-39-36(47)33(22(2)3)40(5)6)30(49-9)18-31(44)42-21-25(37)17-28(42)34(50-10)23(4)35(46)38-19-29(43)24-14-12-15-26(16-24)48-8/h12,14-16,22-23,25,27-28,30,33-34H,11,13,17-21,37H2,1-10H3,(H,38,46)(H,39,47)/t23?,25?,27-,28?,30?,33?,34?/m0/s1. The number of nitrogens with zero attached hydrogens (tertiary/aromatic N) is 3. The van der Waals surface area contributed by atoms with Crippen molar-refractivity contribution in [3.63, 3.8) is 0 Å². The van der Waals surface area contributed by atoms with E-state index in [0.717, 1.165) is 6.42 Å². The van der Waals surface area contributed by atoms with Gasteiger partial charge < -0.3 is 40.4 Å². The van der Waals surface area contributed by atoms with Crippen molar-refractivity contribution < 1.29 is 38.2 Å². The lowest BCUT2D eigenvalue weighted by Crippen LogP contribution is -2.53. The Hall–Kier alpha value is -3.59. The molecule has 1 aliphatic heterocycles. The van der Waals surface area contributed by atoms with E-state index in [-0.39, 0.29) is 67.6 Å². The number of hydrogen-bond donors (Lipinski definition) is 3. The van der Waals surface area contributed by atoms with Gasteiger partial charge in [-0.15, -0.1) is 0 Å². The molecule has 1 heterocycles. The fourth-order valence-electron chi connectivity index (χ4n) is 6.87. The molecule has 0 aromatic heterocycles. The predicted molar refractivity (Wildman–Crippen MR) is 191 cm³/mol. The number of nitrogens with two attached hydrogens (primary N) is 1. The maximum Gasteiger partial charge on any atom is 0.242 e. The van der Waals surface area contributed by atoms with Crippen LogP contribution in [0.15, 0.2) is 24.3 Å². The van der Waals surface area contributed by atoms with Gasteiger partial charge >= 0.3 is 0 Å². The van der Waals surface area contributed by atoms with Crippen molar-refractivity contribution in [1.82, 2.24) is 25.3 Å². The molecule has 282 valence electrons. The van der Waals surface area contributed by atoms with Crippen molar-refractivity contribution >= 4 is 29.4 Å². The van der Waals surface area contributed by atoms with Crippen molar-refractivity contribution in [1.29, 1.82) is 0 Å². The number of benzene rings is 1. The van der Waals surface area contributed by atoms with Crippen LogP contribution >= 0.6 is 0 Å². The van der Waals surface area contributed by atoms with Crippen LogP contribution in [0.3, 0.4) is 0 Å². The summed E-state index contributed by atoms with van der Waals surface area (Å²) in [6.07, 6.45) is 0.355. The number of nitrogens with one attached hydrogen (secondary N) is 2. The molecule has 0 aliphatic carbocycles. The Labute approximate surface area is 297 Å². The van der Waals surface area contributed by atoms with E-state index in [2.05, 4.69) is 10.6 Å². The van der Waals surface area contributed by atoms with Gasteiger partial charge in [-0.05, 0) is 45.0 Å². The van der Waals surface area contributed by atoms with E-state index >= 15 is 0 Å². The second-order valence-electron chi connectivity index (χ2n) is 13.7. The number of hydrogen-bond acceptors (Lipinski definition) is 10. The van der Waals surface area contributed by atoms with Crippen LogP contribution in [0.1, 0.15) is 63.7 Å². The molecule has 0 bridgehead atoms. The summed E-state index contributed by atoms with van der Waals surface area (Å²) < 4.78 is 16.8. The van der Waals surface area contributed by atoms with Gasteiger partial charge in [0.15, 0.2) is 5.78 Å². The van der Waals surface area contributed by atoms with E-state index < -0.39 is 36.1 Å². The van der Waals surface area contributed by atoms with Gasteiger partial charge in [-0.25, -0.2) is 0 Å². The second-order valence-corrected chi connectivity index (χ2v) is 13.7. The fourth-order valence-corrected chi connectivity index (χ4v) is 6.87. The van der Waals surface area contributed by atoms with Crippen LogP contribution in [0.4, 0.5) is 0 Å².